The molecule has 2 rings (SSSR count). The van der Waals surface area contributed by atoms with Gasteiger partial charge in [-0.25, -0.2) is 0 Å². The molecule has 0 bridgehead atoms. The van der Waals surface area contributed by atoms with Crippen LogP contribution in [0.2, 0.25) is 0 Å². The number of nitrogens with zero attached hydrogens (tertiary/aromatic N) is 1. The van der Waals surface area contributed by atoms with Crippen molar-refractivity contribution in [3.05, 3.63) is 35.9 Å². The van der Waals surface area contributed by atoms with Gasteiger partial charge in [-0.2, -0.15) is 0 Å². The van der Waals surface area contributed by atoms with Gasteiger partial charge in [0, 0.05) is 19.6 Å². The summed E-state index contributed by atoms with van der Waals surface area (Å²) >= 11 is 0. The summed E-state index contributed by atoms with van der Waals surface area (Å²) in [6.07, 6.45) is -0.0795. The highest BCUT2D eigenvalue weighted by atomic mass is 16.5. The lowest BCUT2D eigenvalue weighted by Crippen LogP contribution is -2.43. The quantitative estimate of drug-likeness (QED) is 0.886. The monoisotopic (exact) mass is 249 g/mol. The summed E-state index contributed by atoms with van der Waals surface area (Å²) in [7, 11) is 0. The Bertz CT molecular complexity index is 355. The van der Waals surface area contributed by atoms with Crippen LogP contribution < -0.4 is 0 Å². The van der Waals surface area contributed by atoms with Crippen molar-refractivity contribution in [2.45, 2.75) is 26.1 Å². The van der Waals surface area contributed by atoms with Gasteiger partial charge in [0.05, 0.1) is 18.8 Å². The van der Waals surface area contributed by atoms with Crippen molar-refractivity contribution in [3.63, 3.8) is 0 Å². The van der Waals surface area contributed by atoms with Crippen molar-refractivity contribution < 1.29 is 9.84 Å². The second kappa shape index (κ2) is 6.32. The zero-order valence-corrected chi connectivity index (χ0v) is 11.2. The van der Waals surface area contributed by atoms with E-state index in [1.165, 1.54) is 0 Å². The lowest BCUT2D eigenvalue weighted by atomic mass is 9.96. The Morgan fingerprint density at radius 3 is 2.78 bits per heavy atom. The maximum absolute atomic E-state index is 10.3. The maximum Gasteiger partial charge on any atom is 0.0827 e. The Labute approximate surface area is 109 Å². The molecule has 3 nitrogen and oxygen atoms in total. The molecular formula is C15H23NO2. The van der Waals surface area contributed by atoms with Crippen LogP contribution in [0.3, 0.4) is 0 Å². The number of hydrogen-bond donors (Lipinski definition) is 1. The molecule has 1 fully saturated rings. The summed E-state index contributed by atoms with van der Waals surface area (Å²) in [5.41, 5.74) is 1.01. The number of aliphatic hydroxyl groups is 1. The third-order valence-electron chi connectivity index (χ3n) is 3.55. The highest BCUT2D eigenvalue weighted by Gasteiger charge is 2.22. The van der Waals surface area contributed by atoms with E-state index in [2.05, 4.69) is 18.7 Å². The summed E-state index contributed by atoms with van der Waals surface area (Å²) in [5, 5.41) is 10.3. The molecule has 1 N–H and O–H groups in total. The molecule has 1 aromatic rings. The Hall–Kier alpha value is -0.900. The molecule has 0 amide bonds. The average Bonchev–Trinajstić information content (AvgIpc) is 2.39. The van der Waals surface area contributed by atoms with Crippen molar-refractivity contribution in [2.24, 2.45) is 5.92 Å². The van der Waals surface area contributed by atoms with E-state index in [1.807, 2.05) is 30.3 Å². The molecule has 1 heterocycles. The standard InChI is InChI=1S/C15H23NO2/c1-12(10-16-8-9-18-13(2)11-16)15(17)14-6-4-3-5-7-14/h3-7,12-13,15,17H,8-11H2,1-2H3. The van der Waals surface area contributed by atoms with Crippen LogP contribution in [0.15, 0.2) is 30.3 Å². The van der Waals surface area contributed by atoms with Gasteiger partial charge in [-0.1, -0.05) is 37.3 Å². The Morgan fingerprint density at radius 1 is 1.39 bits per heavy atom. The van der Waals surface area contributed by atoms with Crippen LogP contribution in [0.4, 0.5) is 0 Å². The SMILES string of the molecule is CC1CN(CC(C)C(O)c2ccccc2)CCO1. The lowest BCUT2D eigenvalue weighted by Gasteiger charge is -2.34. The van der Waals surface area contributed by atoms with Crippen molar-refractivity contribution >= 4 is 0 Å². The Kier molecular flexibility index (Phi) is 4.75. The lowest BCUT2D eigenvalue weighted by molar-refractivity contribution is -0.0303. The van der Waals surface area contributed by atoms with E-state index in [0.717, 1.165) is 31.8 Å². The molecular weight excluding hydrogens is 226 g/mol. The zero-order chi connectivity index (χ0) is 13.0. The van der Waals surface area contributed by atoms with E-state index >= 15 is 0 Å². The van der Waals surface area contributed by atoms with Crippen LogP contribution in [-0.4, -0.2) is 42.4 Å². The molecule has 1 saturated heterocycles. The molecule has 0 aliphatic carbocycles. The molecule has 1 aliphatic heterocycles. The molecule has 3 atom stereocenters. The van der Waals surface area contributed by atoms with Crippen LogP contribution in [0.25, 0.3) is 0 Å². The number of morpholine rings is 1. The topological polar surface area (TPSA) is 32.7 Å². The van der Waals surface area contributed by atoms with Gasteiger partial charge >= 0.3 is 0 Å². The first-order valence-electron chi connectivity index (χ1n) is 6.74. The third kappa shape index (κ3) is 3.55. The molecule has 3 heteroatoms. The number of benzene rings is 1. The van der Waals surface area contributed by atoms with E-state index in [1.54, 1.807) is 0 Å². The van der Waals surface area contributed by atoms with Gasteiger partial charge in [0.25, 0.3) is 0 Å². The minimum absolute atomic E-state index is 0.234. The predicted octanol–water partition coefficient (Wildman–Crippen LogP) is 2.08. The summed E-state index contributed by atoms with van der Waals surface area (Å²) in [4.78, 5) is 2.38. The number of ether oxygens (including phenoxy) is 1. The number of hydrogen-bond acceptors (Lipinski definition) is 3. The van der Waals surface area contributed by atoms with Crippen molar-refractivity contribution in [1.82, 2.24) is 4.90 Å². The normalized spacial score (nSPS) is 24.7. The maximum atomic E-state index is 10.3. The molecule has 0 spiro atoms. The second-order valence-corrected chi connectivity index (χ2v) is 5.27. The van der Waals surface area contributed by atoms with Gasteiger partial charge in [0.15, 0.2) is 0 Å². The summed E-state index contributed by atoms with van der Waals surface area (Å²) in [6.45, 7) is 7.86. The molecule has 0 saturated carbocycles. The fourth-order valence-electron chi connectivity index (χ4n) is 2.54. The van der Waals surface area contributed by atoms with Gasteiger partial charge in [-0.05, 0) is 18.4 Å². The van der Waals surface area contributed by atoms with Crippen LogP contribution in [0.1, 0.15) is 25.5 Å². The van der Waals surface area contributed by atoms with Crippen molar-refractivity contribution in [2.75, 3.05) is 26.2 Å². The third-order valence-corrected chi connectivity index (χ3v) is 3.55. The number of aliphatic hydroxyl groups excluding tert-OH is 1. The van der Waals surface area contributed by atoms with Gasteiger partial charge in [-0.3, -0.25) is 4.90 Å². The summed E-state index contributed by atoms with van der Waals surface area (Å²) < 4.78 is 5.53. The van der Waals surface area contributed by atoms with Gasteiger partial charge in [-0.15, -0.1) is 0 Å². The summed E-state index contributed by atoms with van der Waals surface area (Å²) in [5.74, 6) is 0.234. The van der Waals surface area contributed by atoms with Crippen molar-refractivity contribution in [3.8, 4) is 0 Å². The molecule has 18 heavy (non-hydrogen) atoms. The van der Waals surface area contributed by atoms with Crippen LogP contribution in [0, 0.1) is 5.92 Å². The first-order valence-corrected chi connectivity index (χ1v) is 6.74. The zero-order valence-electron chi connectivity index (χ0n) is 11.2. The molecule has 0 radical (unpaired) electrons. The van der Waals surface area contributed by atoms with Gasteiger partial charge < -0.3 is 9.84 Å². The fraction of sp³-hybridized carbons (Fsp3) is 0.600. The van der Waals surface area contributed by atoms with E-state index in [4.69, 9.17) is 4.74 Å². The summed E-state index contributed by atoms with van der Waals surface area (Å²) in [6, 6.07) is 9.90. The van der Waals surface area contributed by atoms with Gasteiger partial charge in [0.1, 0.15) is 0 Å². The fourth-order valence-corrected chi connectivity index (χ4v) is 2.54. The predicted molar refractivity (Wildman–Crippen MR) is 72.4 cm³/mol. The minimum Gasteiger partial charge on any atom is -0.388 e. The van der Waals surface area contributed by atoms with E-state index < -0.39 is 0 Å². The highest BCUT2D eigenvalue weighted by molar-refractivity contribution is 5.17. The second-order valence-electron chi connectivity index (χ2n) is 5.27. The van der Waals surface area contributed by atoms with Crippen LogP contribution in [0.5, 0.6) is 0 Å². The molecule has 1 aromatic carbocycles. The average molecular weight is 249 g/mol. The van der Waals surface area contributed by atoms with E-state index in [9.17, 15) is 5.11 Å². The molecule has 1 aliphatic rings. The van der Waals surface area contributed by atoms with E-state index in [0.29, 0.717) is 6.10 Å². The Balaban J connectivity index is 1.89. The smallest absolute Gasteiger partial charge is 0.0827 e. The molecule has 3 unspecified atom stereocenters. The Morgan fingerprint density at radius 2 is 2.11 bits per heavy atom. The number of rotatable bonds is 4. The molecule has 0 aromatic heterocycles. The van der Waals surface area contributed by atoms with Gasteiger partial charge in [0.2, 0.25) is 0 Å². The highest BCUT2D eigenvalue weighted by Crippen LogP contribution is 2.22. The van der Waals surface area contributed by atoms with Crippen molar-refractivity contribution in [1.29, 1.82) is 0 Å². The van der Waals surface area contributed by atoms with Crippen LogP contribution >= 0.6 is 0 Å². The van der Waals surface area contributed by atoms with Crippen LogP contribution in [-0.2, 0) is 4.74 Å². The molecule has 100 valence electrons. The minimum atomic E-state index is -0.385. The largest absolute Gasteiger partial charge is 0.388 e. The first kappa shape index (κ1) is 13.5. The van der Waals surface area contributed by atoms with E-state index in [-0.39, 0.29) is 12.0 Å². The first-order chi connectivity index (χ1) is 8.66.